The van der Waals surface area contributed by atoms with Crippen molar-refractivity contribution in [1.82, 2.24) is 77.8 Å². The minimum absolute atomic E-state index is 0.00328. The maximum atomic E-state index is 14.0. The fraction of sp³-hybridized carbons (Fsp3) is 0.185. The Morgan fingerprint density at radius 3 is 1.91 bits per heavy atom. The summed E-state index contributed by atoms with van der Waals surface area (Å²) in [5, 5.41) is 45.2. The van der Waals surface area contributed by atoms with E-state index < -0.39 is 112 Å². The highest BCUT2D eigenvalue weighted by atomic mass is 32.1. The molecule has 13 N–H and O–H groups in total. The number of amides is 10. The van der Waals surface area contributed by atoms with Crippen LogP contribution in [0.3, 0.4) is 0 Å². The number of allylic oxidation sites excluding steroid dienone is 1. The first kappa shape index (κ1) is 64.4. The minimum atomic E-state index is -1.74. The highest BCUT2D eigenvalue weighted by Crippen LogP contribution is 2.34. The van der Waals surface area contributed by atoms with Crippen molar-refractivity contribution in [2.75, 3.05) is 7.11 Å². The van der Waals surface area contributed by atoms with Crippen molar-refractivity contribution in [2.45, 2.75) is 59.1 Å². The lowest BCUT2D eigenvalue weighted by Gasteiger charge is -2.21. The van der Waals surface area contributed by atoms with Crippen LogP contribution >= 0.6 is 22.7 Å². The molecular formula is C54H52N16O16S2. The third-order valence-corrected chi connectivity index (χ3v) is 13.5. The number of oxazole rings is 3. The number of primary amides is 1. The summed E-state index contributed by atoms with van der Waals surface area (Å²) in [6, 6.07) is 0.772. The first-order chi connectivity index (χ1) is 41.6. The van der Waals surface area contributed by atoms with E-state index in [0.717, 1.165) is 35.0 Å². The van der Waals surface area contributed by atoms with Crippen LogP contribution in [0, 0.1) is 13.8 Å². The molecule has 7 rings (SSSR count). The lowest BCUT2D eigenvalue weighted by atomic mass is 10.1. The van der Waals surface area contributed by atoms with Gasteiger partial charge < -0.3 is 81.8 Å². The molecule has 0 spiro atoms. The van der Waals surface area contributed by atoms with E-state index in [-0.39, 0.29) is 96.0 Å². The number of nitrogens with one attached hydrogen (secondary N) is 9. The number of carbonyl (C=O) groups excluding carboxylic acids is 10. The van der Waals surface area contributed by atoms with Gasteiger partial charge in [0.2, 0.25) is 23.6 Å². The number of aliphatic hydroxyl groups is 2. The normalized spacial score (nSPS) is 17.0. The van der Waals surface area contributed by atoms with Gasteiger partial charge in [0.1, 0.15) is 73.7 Å². The van der Waals surface area contributed by atoms with Crippen LogP contribution in [0.25, 0.3) is 39.1 Å². The van der Waals surface area contributed by atoms with Crippen LogP contribution < -0.4 is 53.6 Å². The number of thiazole rings is 2. The predicted octanol–water partition coefficient (Wildman–Crippen LogP) is 1.13. The molecule has 34 heteroatoms. The van der Waals surface area contributed by atoms with Crippen molar-refractivity contribution in [3.63, 3.8) is 0 Å². The van der Waals surface area contributed by atoms with Crippen molar-refractivity contribution in [2.24, 2.45) is 5.73 Å². The van der Waals surface area contributed by atoms with Crippen molar-refractivity contribution in [3.05, 3.63) is 160 Å². The van der Waals surface area contributed by atoms with Gasteiger partial charge in [0.15, 0.2) is 17.6 Å². The van der Waals surface area contributed by atoms with Gasteiger partial charge in [-0.3, -0.25) is 47.9 Å². The van der Waals surface area contributed by atoms with E-state index in [1.165, 1.54) is 63.8 Å². The number of nitrogens with zero attached hydrogens (tertiary/aromatic N) is 6. The van der Waals surface area contributed by atoms with Crippen molar-refractivity contribution < 1.29 is 76.1 Å². The van der Waals surface area contributed by atoms with E-state index in [9.17, 15) is 58.2 Å². The number of hydrogen-bond donors (Lipinski definition) is 12. The lowest BCUT2D eigenvalue weighted by Crippen LogP contribution is -2.52. The Bertz CT molecular complexity index is 4030. The standard InChI is InChI=1S/C54H52N16O16S2/c1-12-29-50-68-36(26(9)85-50)47(81)59-23(6)42(76)60-24(7)49-64-32(16-84-49)38-28(13-14-30(61-38)43(77)58-22(5)41(75)57-21(4)40(74)56-20(3)39(55)73)53-65-34(17-87-53)45(79)67-35(25(8)72)46(80)63-31(15-19(2)71)51-69-37(27(10)86-51)48(82)70-52(83-11)54-66-33(18-88-54)44(78)62-29/h12-19,25,35,52,71-72H,3-7H2,1-2,8-11H3,(H2,55,73)(H,56,74)(H,57,75)(H,58,77)(H,59,81)(H,60,76)(H,62,78)(H,63,80)(H,67,79)(H,70,82)/b29-12+,31-15+/t19?,25-,35?,52?/m1/s1. The molecule has 7 heterocycles. The third kappa shape index (κ3) is 15.0. The smallest absolute Gasteiger partial charge is 0.278 e. The summed E-state index contributed by atoms with van der Waals surface area (Å²) in [7, 11) is 1.25. The van der Waals surface area contributed by atoms with E-state index >= 15 is 0 Å². The highest BCUT2D eigenvalue weighted by Gasteiger charge is 2.32. The molecule has 0 saturated heterocycles. The van der Waals surface area contributed by atoms with Gasteiger partial charge in [-0.25, -0.2) is 29.9 Å². The molecule has 0 radical (unpaired) electrons. The van der Waals surface area contributed by atoms with Crippen LogP contribution in [0.5, 0.6) is 0 Å². The maximum Gasteiger partial charge on any atom is 0.278 e. The summed E-state index contributed by atoms with van der Waals surface area (Å²) in [5.74, 6) is -11.1. The molecule has 32 nitrogen and oxygen atoms in total. The largest absolute Gasteiger partial charge is 0.443 e. The first-order valence-electron chi connectivity index (χ1n) is 25.2. The number of pyridine rings is 1. The maximum absolute atomic E-state index is 14.0. The van der Waals surface area contributed by atoms with Gasteiger partial charge in [0, 0.05) is 23.4 Å². The Hall–Kier alpha value is -11.2. The fourth-order valence-corrected chi connectivity index (χ4v) is 8.98. The van der Waals surface area contributed by atoms with Crippen LogP contribution in [-0.4, -0.2) is 125 Å². The molecule has 0 saturated carbocycles. The van der Waals surface area contributed by atoms with Crippen LogP contribution in [0.2, 0.25) is 0 Å². The summed E-state index contributed by atoms with van der Waals surface area (Å²) in [6.45, 7) is 24.5. The number of carbonyl (C=O) groups is 10. The Balaban J connectivity index is 1.23. The van der Waals surface area contributed by atoms with Gasteiger partial charge in [-0.15, -0.1) is 22.7 Å². The Morgan fingerprint density at radius 1 is 0.682 bits per heavy atom. The molecule has 88 heavy (non-hydrogen) atoms. The summed E-state index contributed by atoms with van der Waals surface area (Å²) in [5.41, 5.74) is 0.510. The average molecular weight is 1250 g/mol. The Kier molecular flexibility index (Phi) is 19.9. The highest BCUT2D eigenvalue weighted by molar-refractivity contribution is 7.13. The SMILES string of the molecule is C=C(NC(=O)C(=C)NC(=O)C(=C)NC(=O)c1ccc2c(n1)-c1coc(n1)C(=C)NC(=O)C(=C)NC(=O)c1nc(oc1C)/C(=C\C)NC(=O)c1csc(n1)C(OC)NC(=O)c1nc(oc1C)/C(=C\C(C)O)NC(=O)C([C@@H](C)O)NC(=O)c1csc-2n1)C(N)=O. The zero-order valence-corrected chi connectivity index (χ0v) is 48.7. The van der Waals surface area contributed by atoms with Gasteiger partial charge in [-0.1, -0.05) is 39.0 Å². The quantitative estimate of drug-likeness (QED) is 0.0855. The number of rotatable bonds is 10. The predicted molar refractivity (Wildman–Crippen MR) is 309 cm³/mol. The molecule has 6 aromatic heterocycles. The third-order valence-electron chi connectivity index (χ3n) is 11.8. The van der Waals surface area contributed by atoms with Crippen LogP contribution in [-0.2, 0) is 28.7 Å². The first-order valence-corrected chi connectivity index (χ1v) is 27.0. The molecule has 6 aromatic rings. The van der Waals surface area contributed by atoms with E-state index in [0.29, 0.717) is 0 Å². The number of ether oxygens (including phenoxy) is 1. The van der Waals surface area contributed by atoms with Gasteiger partial charge in [0.05, 0.1) is 40.7 Å². The molecule has 1 aliphatic rings. The molecular weight excluding hydrogens is 1190 g/mol. The molecule has 0 aliphatic carbocycles. The van der Waals surface area contributed by atoms with E-state index in [1.54, 1.807) is 6.92 Å². The zero-order chi connectivity index (χ0) is 64.6. The van der Waals surface area contributed by atoms with Crippen molar-refractivity contribution in [1.29, 1.82) is 0 Å². The average Bonchev–Trinajstić information content (AvgIpc) is 2.95. The fourth-order valence-electron chi connectivity index (χ4n) is 7.34. The second kappa shape index (κ2) is 27.2. The van der Waals surface area contributed by atoms with E-state index in [1.807, 2.05) is 5.32 Å². The number of hydrogen-bond acceptors (Lipinski definition) is 24. The Morgan fingerprint density at radius 2 is 1.28 bits per heavy atom. The monoisotopic (exact) mass is 1240 g/mol. The van der Waals surface area contributed by atoms with Crippen LogP contribution in [0.4, 0.5) is 0 Å². The summed E-state index contributed by atoms with van der Waals surface area (Å²) < 4.78 is 22.7. The van der Waals surface area contributed by atoms with E-state index in [2.05, 4.69) is 105 Å². The zero-order valence-electron chi connectivity index (χ0n) is 47.1. The number of nitrogens with two attached hydrogens (primary N) is 1. The molecule has 10 amide bonds. The molecule has 1 aliphatic heterocycles. The summed E-state index contributed by atoms with van der Waals surface area (Å²) in [4.78, 5) is 159. The number of aliphatic hydroxyl groups excluding tert-OH is 2. The number of methoxy groups -OCH3 is 1. The topological polar surface area (TPSA) is 471 Å². The van der Waals surface area contributed by atoms with Crippen molar-refractivity contribution >= 4 is 98.8 Å². The van der Waals surface area contributed by atoms with E-state index in [4.69, 9.17) is 23.7 Å². The van der Waals surface area contributed by atoms with Gasteiger partial charge in [-0.2, -0.15) is 0 Å². The molecule has 4 atom stereocenters. The second-order valence-corrected chi connectivity index (χ2v) is 20.1. The van der Waals surface area contributed by atoms with Gasteiger partial charge >= 0.3 is 0 Å². The lowest BCUT2D eigenvalue weighted by molar-refractivity contribution is -0.124. The molecule has 3 unspecified atom stereocenters. The Labute approximate surface area is 504 Å². The summed E-state index contributed by atoms with van der Waals surface area (Å²) in [6.07, 6.45) is -0.570. The van der Waals surface area contributed by atoms with Crippen LogP contribution in [0.1, 0.15) is 114 Å². The molecule has 0 aromatic carbocycles. The minimum Gasteiger partial charge on any atom is -0.443 e. The number of aryl methyl sites for hydroxylation is 2. The molecule has 0 fully saturated rings. The molecule has 456 valence electrons. The van der Waals surface area contributed by atoms with Gasteiger partial charge in [0.25, 0.3) is 53.2 Å². The number of fused-ring (bicyclic) bond motifs is 13. The van der Waals surface area contributed by atoms with Crippen molar-refractivity contribution in [3.8, 4) is 22.0 Å². The molecule has 10 bridgehead atoms. The number of aromatic nitrogens is 6. The second-order valence-electron chi connectivity index (χ2n) is 18.4. The van der Waals surface area contributed by atoms with Crippen LogP contribution in [0.15, 0.2) is 110 Å². The van der Waals surface area contributed by atoms with Gasteiger partial charge in [-0.05, 0) is 52.8 Å². The summed E-state index contributed by atoms with van der Waals surface area (Å²) >= 11 is 1.80.